The van der Waals surface area contributed by atoms with E-state index in [1.165, 1.54) is 0 Å². The lowest BCUT2D eigenvalue weighted by Crippen LogP contribution is -2.17. The van der Waals surface area contributed by atoms with Crippen LogP contribution in [0.5, 0.6) is 0 Å². The van der Waals surface area contributed by atoms with Crippen molar-refractivity contribution in [1.82, 2.24) is 0 Å². The van der Waals surface area contributed by atoms with Gasteiger partial charge in [-0.05, 0) is 43.5 Å². The molecule has 4 heteroatoms. The second kappa shape index (κ2) is 7.88. The highest BCUT2D eigenvalue weighted by molar-refractivity contribution is 6.33. The Morgan fingerprint density at radius 2 is 1.95 bits per heavy atom. The van der Waals surface area contributed by atoms with Crippen molar-refractivity contribution in [3.8, 4) is 0 Å². The van der Waals surface area contributed by atoms with Crippen LogP contribution in [0.4, 0.5) is 0 Å². The van der Waals surface area contributed by atoms with Gasteiger partial charge in [-0.3, -0.25) is 4.79 Å². The summed E-state index contributed by atoms with van der Waals surface area (Å²) in [5.41, 5.74) is 6.50. The van der Waals surface area contributed by atoms with Crippen molar-refractivity contribution < 1.29 is 4.79 Å². The van der Waals surface area contributed by atoms with Crippen LogP contribution in [0.2, 0.25) is 10.0 Å². The van der Waals surface area contributed by atoms with Crippen LogP contribution in [-0.2, 0) is 11.2 Å². The fourth-order valence-electron chi connectivity index (χ4n) is 1.95. The number of carbonyl (C=O) groups excluding carboxylic acids is 1. The molecule has 0 saturated carbocycles. The number of Topliss-reactive ketones (excluding diaryl/α,β-unsaturated/α-hetero) is 1. The molecule has 1 aromatic rings. The minimum absolute atomic E-state index is 0.0359. The smallest absolute Gasteiger partial charge is 0.140 e. The van der Waals surface area contributed by atoms with Gasteiger partial charge >= 0.3 is 0 Å². The molecule has 106 valence electrons. The molecule has 0 aromatic heterocycles. The zero-order valence-corrected chi connectivity index (χ0v) is 13.0. The van der Waals surface area contributed by atoms with E-state index in [4.69, 9.17) is 28.9 Å². The molecule has 19 heavy (non-hydrogen) atoms. The predicted octanol–water partition coefficient (Wildman–Crippen LogP) is 4.26. The van der Waals surface area contributed by atoms with Gasteiger partial charge in [0.1, 0.15) is 5.78 Å². The summed E-state index contributed by atoms with van der Waals surface area (Å²) >= 11 is 12.0. The third-order valence-corrected chi connectivity index (χ3v) is 3.82. The van der Waals surface area contributed by atoms with Crippen molar-refractivity contribution >= 4 is 29.0 Å². The first-order valence-electron chi connectivity index (χ1n) is 6.62. The molecule has 2 nitrogen and oxygen atoms in total. The minimum atomic E-state index is 0.0359. The summed E-state index contributed by atoms with van der Waals surface area (Å²) in [4.78, 5) is 12.1. The molecule has 2 N–H and O–H groups in total. The van der Waals surface area contributed by atoms with Gasteiger partial charge in [0.15, 0.2) is 0 Å². The Labute approximate surface area is 125 Å². The molecule has 2 atom stereocenters. The molecule has 0 aliphatic heterocycles. The first kappa shape index (κ1) is 16.5. The van der Waals surface area contributed by atoms with Crippen molar-refractivity contribution in [2.24, 2.45) is 11.7 Å². The SMILES string of the molecule is CC(N)CCCC(C)C(=O)Cc1cc(Cl)ccc1Cl. The zero-order chi connectivity index (χ0) is 14.4. The largest absolute Gasteiger partial charge is 0.328 e. The predicted molar refractivity (Wildman–Crippen MR) is 81.8 cm³/mol. The summed E-state index contributed by atoms with van der Waals surface area (Å²) < 4.78 is 0. The van der Waals surface area contributed by atoms with Gasteiger partial charge in [-0.25, -0.2) is 0 Å². The molecule has 0 bridgehead atoms. The molecule has 1 rings (SSSR count). The van der Waals surface area contributed by atoms with Crippen molar-refractivity contribution in [3.63, 3.8) is 0 Å². The number of halogens is 2. The number of hydrogen-bond donors (Lipinski definition) is 1. The van der Waals surface area contributed by atoms with E-state index in [2.05, 4.69) is 0 Å². The number of ketones is 1. The van der Waals surface area contributed by atoms with E-state index in [1.807, 2.05) is 13.8 Å². The van der Waals surface area contributed by atoms with E-state index in [-0.39, 0.29) is 17.7 Å². The van der Waals surface area contributed by atoms with Gasteiger partial charge in [-0.15, -0.1) is 0 Å². The molecule has 0 aliphatic carbocycles. The van der Waals surface area contributed by atoms with Gasteiger partial charge in [0.25, 0.3) is 0 Å². The van der Waals surface area contributed by atoms with Gasteiger partial charge in [-0.2, -0.15) is 0 Å². The van der Waals surface area contributed by atoms with Crippen LogP contribution in [0.15, 0.2) is 18.2 Å². The summed E-state index contributed by atoms with van der Waals surface area (Å²) in [6, 6.07) is 5.41. The Hall–Kier alpha value is -0.570. The molecule has 0 amide bonds. The zero-order valence-electron chi connectivity index (χ0n) is 11.5. The van der Waals surface area contributed by atoms with E-state index in [1.54, 1.807) is 18.2 Å². The highest BCUT2D eigenvalue weighted by Crippen LogP contribution is 2.23. The lowest BCUT2D eigenvalue weighted by molar-refractivity contribution is -0.121. The van der Waals surface area contributed by atoms with Crippen LogP contribution in [0.1, 0.15) is 38.7 Å². The van der Waals surface area contributed by atoms with Gasteiger partial charge < -0.3 is 5.73 Å². The Kier molecular flexibility index (Phi) is 6.84. The lowest BCUT2D eigenvalue weighted by Gasteiger charge is -2.12. The lowest BCUT2D eigenvalue weighted by atomic mass is 9.94. The quantitative estimate of drug-likeness (QED) is 0.818. The third-order valence-electron chi connectivity index (χ3n) is 3.22. The number of benzene rings is 1. The molecule has 0 radical (unpaired) electrons. The van der Waals surface area contributed by atoms with E-state index >= 15 is 0 Å². The minimum Gasteiger partial charge on any atom is -0.328 e. The van der Waals surface area contributed by atoms with Crippen molar-refractivity contribution in [2.45, 2.75) is 45.6 Å². The van der Waals surface area contributed by atoms with E-state index < -0.39 is 0 Å². The van der Waals surface area contributed by atoms with E-state index in [0.29, 0.717) is 16.5 Å². The number of nitrogens with two attached hydrogens (primary N) is 1. The fourth-order valence-corrected chi connectivity index (χ4v) is 2.33. The monoisotopic (exact) mass is 301 g/mol. The van der Waals surface area contributed by atoms with Gasteiger partial charge in [0.2, 0.25) is 0 Å². The van der Waals surface area contributed by atoms with E-state index in [0.717, 1.165) is 24.8 Å². The maximum Gasteiger partial charge on any atom is 0.140 e. The van der Waals surface area contributed by atoms with Crippen molar-refractivity contribution in [2.75, 3.05) is 0 Å². The Balaban J connectivity index is 2.51. The molecule has 1 aromatic carbocycles. The van der Waals surface area contributed by atoms with Gasteiger partial charge in [-0.1, -0.05) is 36.5 Å². The van der Waals surface area contributed by atoms with Crippen LogP contribution in [-0.4, -0.2) is 11.8 Å². The first-order chi connectivity index (χ1) is 8.90. The summed E-state index contributed by atoms with van der Waals surface area (Å²) in [5, 5.41) is 1.21. The average Bonchev–Trinajstić information content (AvgIpc) is 2.33. The second-order valence-corrected chi connectivity index (χ2v) is 6.03. The summed E-state index contributed by atoms with van der Waals surface area (Å²) in [7, 11) is 0. The highest BCUT2D eigenvalue weighted by atomic mass is 35.5. The van der Waals surface area contributed by atoms with Crippen molar-refractivity contribution in [3.05, 3.63) is 33.8 Å². The molecule has 2 unspecified atom stereocenters. The van der Waals surface area contributed by atoms with Crippen LogP contribution < -0.4 is 5.73 Å². The molecule has 0 heterocycles. The molecular weight excluding hydrogens is 281 g/mol. The van der Waals surface area contributed by atoms with Crippen LogP contribution in [0, 0.1) is 5.92 Å². The van der Waals surface area contributed by atoms with Crippen LogP contribution in [0.25, 0.3) is 0 Å². The Morgan fingerprint density at radius 1 is 1.26 bits per heavy atom. The van der Waals surface area contributed by atoms with Crippen LogP contribution in [0.3, 0.4) is 0 Å². The molecule has 0 saturated heterocycles. The maximum absolute atomic E-state index is 12.1. The molecule has 0 aliphatic rings. The normalized spacial score (nSPS) is 14.2. The second-order valence-electron chi connectivity index (χ2n) is 5.19. The van der Waals surface area contributed by atoms with Crippen LogP contribution >= 0.6 is 23.2 Å². The topological polar surface area (TPSA) is 43.1 Å². The maximum atomic E-state index is 12.1. The first-order valence-corrected chi connectivity index (χ1v) is 7.38. The van der Waals surface area contributed by atoms with E-state index in [9.17, 15) is 4.79 Å². The molecule has 0 fully saturated rings. The number of hydrogen-bond acceptors (Lipinski definition) is 2. The Morgan fingerprint density at radius 3 is 2.58 bits per heavy atom. The van der Waals surface area contributed by atoms with Crippen molar-refractivity contribution in [1.29, 1.82) is 0 Å². The summed E-state index contributed by atoms with van der Waals surface area (Å²) in [6.45, 7) is 3.94. The summed E-state index contributed by atoms with van der Waals surface area (Å²) in [5.74, 6) is 0.239. The number of carbonyl (C=O) groups is 1. The standard InChI is InChI=1S/C15H21Cl2NO/c1-10(4-3-5-11(2)18)15(19)9-12-8-13(16)6-7-14(12)17/h6-8,10-11H,3-5,9,18H2,1-2H3. The number of rotatable bonds is 7. The fraction of sp³-hybridized carbons (Fsp3) is 0.533. The highest BCUT2D eigenvalue weighted by Gasteiger charge is 2.15. The Bertz CT molecular complexity index is 432. The summed E-state index contributed by atoms with van der Waals surface area (Å²) in [6.07, 6.45) is 3.15. The average molecular weight is 302 g/mol. The molecule has 0 spiro atoms. The van der Waals surface area contributed by atoms with Gasteiger partial charge in [0, 0.05) is 28.4 Å². The third kappa shape index (κ3) is 5.94. The van der Waals surface area contributed by atoms with Gasteiger partial charge in [0.05, 0.1) is 0 Å². The molecular formula is C15H21Cl2NO.